The van der Waals surface area contributed by atoms with Gasteiger partial charge in [-0.2, -0.15) is 0 Å². The quantitative estimate of drug-likeness (QED) is 0.788. The zero-order valence-electron chi connectivity index (χ0n) is 15.6. The van der Waals surface area contributed by atoms with Crippen molar-refractivity contribution in [1.82, 2.24) is 9.88 Å². The fourth-order valence-corrected chi connectivity index (χ4v) is 4.72. The molecule has 1 saturated carbocycles. The predicted molar refractivity (Wildman–Crippen MR) is 102 cm³/mol. The van der Waals surface area contributed by atoms with Crippen LogP contribution in [0.1, 0.15) is 30.9 Å². The Morgan fingerprint density at radius 3 is 2.79 bits per heavy atom. The molecule has 0 amide bonds. The lowest BCUT2D eigenvalue weighted by molar-refractivity contribution is 0.143. The van der Waals surface area contributed by atoms with Gasteiger partial charge in [0.25, 0.3) is 0 Å². The monoisotopic (exact) mass is 387 g/mol. The molecule has 5 rings (SSSR count). The standard InChI is InChI=1S/C20H22FN3O4/c1-10-17-14(24(12-2-3-12)9-16(19(17)25)28-20(26)27)6-15(18(10)21)23-7-11-4-5-22-13(11)8-23/h6,9,11-13,22H,2-5,7-8H2,1H3,(H,26,27). The molecule has 3 fully saturated rings. The van der Waals surface area contributed by atoms with Gasteiger partial charge in [-0.05, 0) is 44.7 Å². The largest absolute Gasteiger partial charge is 0.511 e. The molecule has 3 heterocycles. The number of fused-ring (bicyclic) bond motifs is 2. The van der Waals surface area contributed by atoms with Crippen LogP contribution in [-0.4, -0.2) is 41.5 Å². The lowest BCUT2D eigenvalue weighted by atomic mass is 10.0. The van der Waals surface area contributed by atoms with Crippen molar-refractivity contribution in [3.8, 4) is 5.75 Å². The van der Waals surface area contributed by atoms with Crippen LogP contribution in [0.4, 0.5) is 14.9 Å². The molecule has 2 saturated heterocycles. The van der Waals surface area contributed by atoms with Crippen molar-refractivity contribution in [3.05, 3.63) is 33.9 Å². The lowest BCUT2D eigenvalue weighted by Gasteiger charge is -2.23. The van der Waals surface area contributed by atoms with Gasteiger partial charge in [0, 0.05) is 30.7 Å². The Kier molecular flexibility index (Phi) is 3.87. The molecule has 2 aromatic rings. The van der Waals surface area contributed by atoms with Crippen LogP contribution >= 0.6 is 0 Å². The van der Waals surface area contributed by atoms with E-state index >= 15 is 4.39 Å². The Labute approximate surface area is 160 Å². The first-order chi connectivity index (χ1) is 13.4. The highest BCUT2D eigenvalue weighted by molar-refractivity contribution is 5.88. The number of carbonyl (C=O) groups is 1. The van der Waals surface area contributed by atoms with Crippen molar-refractivity contribution < 1.29 is 19.0 Å². The average Bonchev–Trinajstić information content (AvgIpc) is 3.26. The first-order valence-corrected chi connectivity index (χ1v) is 9.71. The molecule has 0 spiro atoms. The Morgan fingerprint density at radius 2 is 2.11 bits per heavy atom. The third-order valence-electron chi connectivity index (χ3n) is 6.28. The molecule has 0 radical (unpaired) electrons. The Balaban J connectivity index is 1.68. The number of rotatable bonds is 3. The average molecular weight is 387 g/mol. The third kappa shape index (κ3) is 2.66. The number of carboxylic acid groups (broad SMARTS) is 1. The Bertz CT molecular complexity index is 1030. The van der Waals surface area contributed by atoms with Gasteiger partial charge < -0.3 is 24.6 Å². The SMILES string of the molecule is Cc1c(F)c(N2CC3CCNC3C2)cc2c1c(=O)c(OC(=O)O)cn2C1CC1. The lowest BCUT2D eigenvalue weighted by Crippen LogP contribution is -2.30. The van der Waals surface area contributed by atoms with Crippen molar-refractivity contribution in [2.45, 2.75) is 38.3 Å². The first kappa shape index (κ1) is 17.5. The van der Waals surface area contributed by atoms with Gasteiger partial charge in [0.2, 0.25) is 5.43 Å². The maximum atomic E-state index is 15.3. The van der Waals surface area contributed by atoms with E-state index in [0.717, 1.165) is 38.9 Å². The van der Waals surface area contributed by atoms with E-state index in [-0.39, 0.29) is 22.7 Å². The van der Waals surface area contributed by atoms with Crippen LogP contribution in [0.5, 0.6) is 5.75 Å². The van der Waals surface area contributed by atoms with Crippen LogP contribution in [0.3, 0.4) is 0 Å². The molecule has 1 aromatic heterocycles. The predicted octanol–water partition coefficient (Wildman–Crippen LogP) is 2.64. The summed E-state index contributed by atoms with van der Waals surface area (Å²) in [5, 5.41) is 12.6. The van der Waals surface area contributed by atoms with Gasteiger partial charge in [0.15, 0.2) is 5.75 Å². The maximum Gasteiger partial charge on any atom is 0.511 e. The van der Waals surface area contributed by atoms with Crippen LogP contribution in [0.2, 0.25) is 0 Å². The zero-order chi connectivity index (χ0) is 19.6. The molecule has 3 aliphatic rings. The van der Waals surface area contributed by atoms with Crippen LogP contribution in [-0.2, 0) is 0 Å². The molecule has 7 nitrogen and oxygen atoms in total. The van der Waals surface area contributed by atoms with E-state index < -0.39 is 17.4 Å². The van der Waals surface area contributed by atoms with E-state index in [2.05, 4.69) is 15.0 Å². The van der Waals surface area contributed by atoms with E-state index in [4.69, 9.17) is 5.11 Å². The normalized spacial score (nSPS) is 24.0. The smallest absolute Gasteiger partial charge is 0.449 e. The molecule has 2 N–H and O–H groups in total. The number of halogens is 1. The van der Waals surface area contributed by atoms with Gasteiger partial charge in [0.1, 0.15) is 5.82 Å². The van der Waals surface area contributed by atoms with Crippen molar-refractivity contribution in [1.29, 1.82) is 0 Å². The summed E-state index contributed by atoms with van der Waals surface area (Å²) in [6.45, 7) is 4.14. The molecule has 1 aliphatic carbocycles. The molecular weight excluding hydrogens is 365 g/mol. The van der Waals surface area contributed by atoms with Crippen molar-refractivity contribution in [3.63, 3.8) is 0 Å². The number of anilines is 1. The molecule has 1 aromatic carbocycles. The first-order valence-electron chi connectivity index (χ1n) is 9.71. The number of hydrogen-bond acceptors (Lipinski definition) is 5. The summed E-state index contributed by atoms with van der Waals surface area (Å²) < 4.78 is 21.9. The summed E-state index contributed by atoms with van der Waals surface area (Å²) >= 11 is 0. The summed E-state index contributed by atoms with van der Waals surface area (Å²) in [6.07, 6.45) is 2.88. The maximum absolute atomic E-state index is 15.3. The fourth-order valence-electron chi connectivity index (χ4n) is 4.72. The van der Waals surface area contributed by atoms with Gasteiger partial charge in [-0.15, -0.1) is 0 Å². The fraction of sp³-hybridized carbons (Fsp3) is 0.500. The second kappa shape index (κ2) is 6.20. The summed E-state index contributed by atoms with van der Waals surface area (Å²) in [4.78, 5) is 25.9. The Hall–Kier alpha value is -2.61. The van der Waals surface area contributed by atoms with Gasteiger partial charge in [-0.3, -0.25) is 4.79 Å². The van der Waals surface area contributed by atoms with Gasteiger partial charge in [0.05, 0.1) is 22.8 Å². The number of nitrogens with one attached hydrogen (secondary N) is 1. The second-order valence-corrected chi connectivity index (χ2v) is 8.07. The van der Waals surface area contributed by atoms with Gasteiger partial charge >= 0.3 is 6.16 Å². The summed E-state index contributed by atoms with van der Waals surface area (Å²) in [5.74, 6) is -0.172. The van der Waals surface area contributed by atoms with Crippen LogP contribution < -0.4 is 20.4 Å². The van der Waals surface area contributed by atoms with Crippen LogP contribution in [0.25, 0.3) is 10.9 Å². The number of nitrogens with zero attached hydrogens (tertiary/aromatic N) is 2. The number of pyridine rings is 1. The van der Waals surface area contributed by atoms with Crippen molar-refractivity contribution in [2.75, 3.05) is 24.5 Å². The van der Waals surface area contributed by atoms with Gasteiger partial charge in [-0.1, -0.05) is 0 Å². The molecule has 0 bridgehead atoms. The van der Waals surface area contributed by atoms with Crippen molar-refractivity contribution in [2.24, 2.45) is 5.92 Å². The second-order valence-electron chi connectivity index (χ2n) is 8.07. The number of aromatic nitrogens is 1. The minimum atomic E-state index is -1.55. The van der Waals surface area contributed by atoms with Crippen LogP contribution in [0, 0.1) is 18.7 Å². The minimum absolute atomic E-state index is 0.177. The Morgan fingerprint density at radius 1 is 1.32 bits per heavy atom. The topological polar surface area (TPSA) is 83.8 Å². The van der Waals surface area contributed by atoms with Crippen molar-refractivity contribution >= 4 is 22.7 Å². The third-order valence-corrected chi connectivity index (χ3v) is 6.28. The molecule has 148 valence electrons. The molecule has 2 aliphatic heterocycles. The molecule has 28 heavy (non-hydrogen) atoms. The van der Waals surface area contributed by atoms with Crippen LogP contribution in [0.15, 0.2) is 17.1 Å². The summed E-state index contributed by atoms with van der Waals surface area (Å²) in [5.41, 5.74) is 0.816. The van der Waals surface area contributed by atoms with E-state index in [1.165, 1.54) is 6.20 Å². The van der Waals surface area contributed by atoms with E-state index in [9.17, 15) is 9.59 Å². The highest BCUT2D eigenvalue weighted by atomic mass is 19.1. The summed E-state index contributed by atoms with van der Waals surface area (Å²) in [7, 11) is 0. The minimum Gasteiger partial charge on any atom is -0.449 e. The zero-order valence-corrected chi connectivity index (χ0v) is 15.6. The molecule has 8 heteroatoms. The van der Waals surface area contributed by atoms with E-state index in [0.29, 0.717) is 23.2 Å². The molecular formula is C20H22FN3O4. The molecule has 2 atom stereocenters. The number of benzene rings is 1. The molecule has 2 unspecified atom stereocenters. The number of ether oxygens (including phenoxy) is 1. The van der Waals surface area contributed by atoms with E-state index in [1.807, 2.05) is 4.57 Å². The highest BCUT2D eigenvalue weighted by Gasteiger charge is 2.37. The van der Waals surface area contributed by atoms with Gasteiger partial charge in [-0.25, -0.2) is 9.18 Å². The highest BCUT2D eigenvalue weighted by Crippen LogP contribution is 2.40. The number of aryl methyl sites for hydroxylation is 1. The number of hydrogen-bond donors (Lipinski definition) is 2. The summed E-state index contributed by atoms with van der Waals surface area (Å²) in [6, 6.07) is 2.31. The van der Waals surface area contributed by atoms with E-state index in [1.54, 1.807) is 13.0 Å².